The van der Waals surface area contributed by atoms with Gasteiger partial charge in [0.25, 0.3) is 0 Å². The van der Waals surface area contributed by atoms with Crippen molar-refractivity contribution < 1.29 is 19.0 Å². The maximum atomic E-state index is 13.2. The van der Waals surface area contributed by atoms with E-state index in [0.717, 1.165) is 11.1 Å². The number of halogens is 3. The van der Waals surface area contributed by atoms with Crippen molar-refractivity contribution in [3.8, 4) is 0 Å². The van der Waals surface area contributed by atoms with Gasteiger partial charge in [-0.2, -0.15) is 0 Å². The number of ether oxygens (including phenoxy) is 1. The smallest absolute Gasteiger partial charge is 0.450 e. The lowest BCUT2D eigenvalue weighted by atomic mass is 9.84. The number of fused-ring (bicyclic) bond motifs is 1. The zero-order valence-corrected chi connectivity index (χ0v) is 13.2. The monoisotopic (exact) mass is 355 g/mol. The Morgan fingerprint density at radius 3 is 2.61 bits per heavy atom. The van der Waals surface area contributed by atoms with Gasteiger partial charge in [0.1, 0.15) is 5.82 Å². The molecule has 2 unspecified atom stereocenters. The van der Waals surface area contributed by atoms with Crippen LogP contribution < -0.4 is 5.32 Å². The van der Waals surface area contributed by atoms with Crippen molar-refractivity contribution in [3.05, 3.63) is 63.4 Å². The Hall–Kier alpha value is -1.98. The van der Waals surface area contributed by atoms with E-state index in [1.54, 1.807) is 24.3 Å². The van der Waals surface area contributed by atoms with E-state index in [1.165, 1.54) is 12.1 Å². The van der Waals surface area contributed by atoms with Crippen molar-refractivity contribution in [2.75, 3.05) is 5.32 Å². The predicted molar refractivity (Wildman–Crippen MR) is 85.8 cm³/mol. The Bertz CT molecular complexity index is 752. The van der Waals surface area contributed by atoms with E-state index in [2.05, 4.69) is 5.32 Å². The molecule has 4 nitrogen and oxygen atoms in total. The molecule has 0 aromatic heterocycles. The second kappa shape index (κ2) is 6.26. The molecule has 0 saturated carbocycles. The molecule has 0 fully saturated rings. The average Bonchev–Trinajstić information content (AvgIpc) is 2.45. The summed E-state index contributed by atoms with van der Waals surface area (Å²) in [4.78, 5) is 10.8. The lowest BCUT2D eigenvalue weighted by Gasteiger charge is -2.33. The van der Waals surface area contributed by atoms with Crippen LogP contribution in [0.25, 0.3) is 0 Å². The van der Waals surface area contributed by atoms with Crippen molar-refractivity contribution >= 4 is 35.0 Å². The third kappa shape index (κ3) is 3.35. The van der Waals surface area contributed by atoms with Crippen molar-refractivity contribution in [1.29, 1.82) is 0 Å². The molecule has 0 saturated heterocycles. The molecule has 2 atom stereocenters. The van der Waals surface area contributed by atoms with E-state index < -0.39 is 12.4 Å². The van der Waals surface area contributed by atoms with E-state index >= 15 is 0 Å². The summed E-state index contributed by atoms with van der Waals surface area (Å²) in [6.07, 6.45) is -1.78. The van der Waals surface area contributed by atoms with Crippen molar-refractivity contribution in [2.24, 2.45) is 0 Å². The highest BCUT2D eigenvalue weighted by Gasteiger charge is 2.32. The fourth-order valence-corrected chi connectivity index (χ4v) is 3.44. The highest BCUT2D eigenvalue weighted by molar-refractivity contribution is 6.35. The number of benzene rings is 2. The van der Waals surface area contributed by atoms with Gasteiger partial charge in [0.05, 0.1) is 0 Å². The first-order chi connectivity index (χ1) is 10.9. The highest BCUT2D eigenvalue weighted by Crippen LogP contribution is 2.44. The predicted octanol–water partition coefficient (Wildman–Crippen LogP) is 5.10. The molecule has 23 heavy (non-hydrogen) atoms. The number of nitrogens with one attached hydrogen (secondary N) is 1. The molecule has 3 rings (SSSR count). The molecule has 0 amide bonds. The van der Waals surface area contributed by atoms with Crippen LogP contribution in [0.15, 0.2) is 36.4 Å². The van der Waals surface area contributed by atoms with Crippen molar-refractivity contribution in [1.82, 2.24) is 0 Å². The zero-order chi connectivity index (χ0) is 16.6. The minimum atomic E-state index is -1.38. The van der Waals surface area contributed by atoms with Gasteiger partial charge in [0.2, 0.25) is 0 Å². The number of carboxylic acid groups (broad SMARTS) is 1. The third-order valence-corrected chi connectivity index (χ3v) is 4.26. The van der Waals surface area contributed by atoms with Crippen molar-refractivity contribution in [3.63, 3.8) is 0 Å². The molecule has 120 valence electrons. The minimum absolute atomic E-state index is 0.235. The molecule has 0 bridgehead atoms. The average molecular weight is 356 g/mol. The van der Waals surface area contributed by atoms with Gasteiger partial charge < -0.3 is 15.2 Å². The van der Waals surface area contributed by atoms with Gasteiger partial charge in [-0.25, -0.2) is 9.18 Å². The molecule has 1 aliphatic rings. The molecule has 0 radical (unpaired) electrons. The molecule has 7 heteroatoms. The quantitative estimate of drug-likeness (QED) is 0.735. The molecule has 1 aliphatic heterocycles. The minimum Gasteiger partial charge on any atom is -0.450 e. The van der Waals surface area contributed by atoms with Gasteiger partial charge in [-0.05, 0) is 29.8 Å². The van der Waals surface area contributed by atoms with Crippen LogP contribution in [-0.4, -0.2) is 17.5 Å². The number of hydrogen-bond acceptors (Lipinski definition) is 3. The van der Waals surface area contributed by atoms with E-state index in [4.69, 9.17) is 33.0 Å². The first-order valence-corrected chi connectivity index (χ1v) is 7.60. The lowest BCUT2D eigenvalue weighted by Crippen LogP contribution is -2.32. The van der Waals surface area contributed by atoms with Crippen LogP contribution in [0.1, 0.15) is 23.5 Å². The van der Waals surface area contributed by atoms with E-state index in [-0.39, 0.29) is 11.7 Å². The largest absolute Gasteiger partial charge is 0.507 e. The van der Waals surface area contributed by atoms with Crippen molar-refractivity contribution in [2.45, 2.75) is 18.6 Å². The number of rotatable bonds is 2. The van der Waals surface area contributed by atoms with Gasteiger partial charge in [-0.1, -0.05) is 35.3 Å². The first kappa shape index (κ1) is 15.9. The van der Waals surface area contributed by atoms with Gasteiger partial charge in [-0.15, -0.1) is 0 Å². The molecule has 1 heterocycles. The second-order valence-corrected chi connectivity index (χ2v) is 6.05. The van der Waals surface area contributed by atoms with Gasteiger partial charge >= 0.3 is 6.16 Å². The summed E-state index contributed by atoms with van der Waals surface area (Å²) in [6, 6.07) is 9.30. The standard InChI is InChI=1S/C16H12Cl2FNO3/c17-9-5-12(18)15-11(8-1-3-10(19)4-2-8)7-14(23-16(21)22)20-13(15)6-9/h1-6,11,14,20H,7H2,(H,21,22). The summed E-state index contributed by atoms with van der Waals surface area (Å²) in [5.41, 5.74) is 2.21. The number of anilines is 1. The van der Waals surface area contributed by atoms with E-state index in [0.29, 0.717) is 22.2 Å². The normalized spacial score (nSPS) is 19.6. The van der Waals surface area contributed by atoms with Crippen LogP contribution in [0.4, 0.5) is 14.9 Å². The SMILES string of the molecule is O=C(O)OC1CC(c2ccc(F)cc2)c2c(Cl)cc(Cl)cc2N1. The summed E-state index contributed by atoms with van der Waals surface area (Å²) in [5.74, 6) is -0.579. The van der Waals surface area contributed by atoms with Gasteiger partial charge in [0.15, 0.2) is 6.23 Å². The summed E-state index contributed by atoms with van der Waals surface area (Å²) in [6.45, 7) is 0. The molecule has 2 aromatic rings. The third-order valence-electron chi connectivity index (χ3n) is 3.72. The number of carbonyl (C=O) groups is 1. The number of hydrogen-bond donors (Lipinski definition) is 2. The van der Waals surface area contributed by atoms with Crippen LogP contribution in [0, 0.1) is 5.82 Å². The Kier molecular flexibility index (Phi) is 4.33. The fraction of sp³-hybridized carbons (Fsp3) is 0.188. The molecule has 0 spiro atoms. The Labute approximate surface area is 141 Å². The second-order valence-electron chi connectivity index (χ2n) is 5.21. The van der Waals surface area contributed by atoms with Crippen LogP contribution in [-0.2, 0) is 4.74 Å². The van der Waals surface area contributed by atoms with Crippen LogP contribution in [0.2, 0.25) is 10.0 Å². The Morgan fingerprint density at radius 1 is 1.26 bits per heavy atom. The Balaban J connectivity index is 2.07. The molecule has 2 aromatic carbocycles. The molecule has 2 N–H and O–H groups in total. The maximum absolute atomic E-state index is 13.2. The van der Waals surface area contributed by atoms with Gasteiger partial charge in [-0.3, -0.25) is 0 Å². The van der Waals surface area contributed by atoms with Gasteiger partial charge in [0, 0.05) is 33.6 Å². The molecule has 0 aliphatic carbocycles. The van der Waals surface area contributed by atoms with Crippen LogP contribution in [0.5, 0.6) is 0 Å². The summed E-state index contributed by atoms with van der Waals surface area (Å²) in [7, 11) is 0. The topological polar surface area (TPSA) is 58.6 Å². The summed E-state index contributed by atoms with van der Waals surface area (Å²) in [5, 5.41) is 12.7. The van der Waals surface area contributed by atoms with E-state index in [9.17, 15) is 9.18 Å². The Morgan fingerprint density at radius 2 is 1.96 bits per heavy atom. The van der Waals surface area contributed by atoms with Crippen LogP contribution in [0.3, 0.4) is 0 Å². The summed E-state index contributed by atoms with van der Waals surface area (Å²) < 4.78 is 18.0. The molecular weight excluding hydrogens is 344 g/mol. The molecular formula is C16H12Cl2FNO3. The van der Waals surface area contributed by atoms with Crippen LogP contribution >= 0.6 is 23.2 Å². The first-order valence-electron chi connectivity index (χ1n) is 6.84. The van der Waals surface area contributed by atoms with E-state index in [1.807, 2.05) is 0 Å². The highest BCUT2D eigenvalue weighted by atomic mass is 35.5. The zero-order valence-electron chi connectivity index (χ0n) is 11.7. The summed E-state index contributed by atoms with van der Waals surface area (Å²) >= 11 is 12.3. The lowest BCUT2D eigenvalue weighted by molar-refractivity contribution is 0.0562. The fourth-order valence-electron chi connectivity index (χ4n) is 2.82. The maximum Gasteiger partial charge on any atom is 0.507 e.